The maximum absolute atomic E-state index is 10.8. The third-order valence-electron chi connectivity index (χ3n) is 2.34. The highest BCUT2D eigenvalue weighted by atomic mass is 32.1. The molecule has 2 aromatic rings. The number of hydrogen-bond donors (Lipinski definition) is 1. The van der Waals surface area contributed by atoms with Crippen LogP contribution in [0.4, 0.5) is 11.4 Å². The predicted molar refractivity (Wildman–Crippen MR) is 69.5 cm³/mol. The molecule has 0 radical (unpaired) electrons. The fraction of sp³-hybridized carbons (Fsp3) is 0.0833. The summed E-state index contributed by atoms with van der Waals surface area (Å²) < 4.78 is 0. The van der Waals surface area contributed by atoms with Crippen molar-refractivity contribution >= 4 is 22.7 Å². The minimum absolute atomic E-state index is 0.0505. The first-order valence-corrected chi connectivity index (χ1v) is 6.03. The Balaban J connectivity index is 2.11. The fourth-order valence-corrected chi connectivity index (χ4v) is 2.25. The SMILES string of the molecule is N#Cc1csc(CNc2ccccc2[N+](=O)[O-])c1. The molecule has 6 heteroatoms. The van der Waals surface area contributed by atoms with Gasteiger partial charge in [0.15, 0.2) is 0 Å². The summed E-state index contributed by atoms with van der Waals surface area (Å²) >= 11 is 1.45. The molecule has 0 bridgehead atoms. The molecule has 0 aliphatic carbocycles. The molecular weight excluding hydrogens is 250 g/mol. The molecule has 0 saturated heterocycles. The maximum Gasteiger partial charge on any atom is 0.292 e. The molecule has 90 valence electrons. The van der Waals surface area contributed by atoms with E-state index in [4.69, 9.17) is 5.26 Å². The number of para-hydroxylation sites is 2. The highest BCUT2D eigenvalue weighted by Gasteiger charge is 2.11. The van der Waals surface area contributed by atoms with Crippen molar-refractivity contribution in [3.05, 3.63) is 56.3 Å². The Morgan fingerprint density at radius 1 is 1.44 bits per heavy atom. The molecule has 0 saturated carbocycles. The summed E-state index contributed by atoms with van der Waals surface area (Å²) in [6.07, 6.45) is 0. The minimum atomic E-state index is -0.419. The van der Waals surface area contributed by atoms with Crippen molar-refractivity contribution in [1.29, 1.82) is 5.26 Å². The lowest BCUT2D eigenvalue weighted by molar-refractivity contribution is -0.384. The van der Waals surface area contributed by atoms with E-state index in [1.807, 2.05) is 6.07 Å². The van der Waals surface area contributed by atoms with Crippen LogP contribution in [0.25, 0.3) is 0 Å². The molecule has 0 atom stereocenters. The first kappa shape index (κ1) is 12.1. The van der Waals surface area contributed by atoms with Gasteiger partial charge in [-0.1, -0.05) is 12.1 Å². The van der Waals surface area contributed by atoms with E-state index in [2.05, 4.69) is 5.32 Å². The molecule has 0 fully saturated rings. The van der Waals surface area contributed by atoms with E-state index < -0.39 is 4.92 Å². The fourth-order valence-electron chi connectivity index (χ4n) is 1.50. The summed E-state index contributed by atoms with van der Waals surface area (Å²) in [5.41, 5.74) is 1.14. The summed E-state index contributed by atoms with van der Waals surface area (Å²) in [7, 11) is 0. The van der Waals surface area contributed by atoms with Crippen LogP contribution >= 0.6 is 11.3 Å². The topological polar surface area (TPSA) is 79.0 Å². The molecule has 1 N–H and O–H groups in total. The molecule has 0 amide bonds. The van der Waals surface area contributed by atoms with E-state index in [9.17, 15) is 10.1 Å². The maximum atomic E-state index is 10.8. The van der Waals surface area contributed by atoms with Gasteiger partial charge in [0, 0.05) is 22.9 Å². The van der Waals surface area contributed by atoms with Gasteiger partial charge in [-0.15, -0.1) is 11.3 Å². The Labute approximate surface area is 107 Å². The molecule has 1 heterocycles. The molecule has 0 aliphatic rings. The van der Waals surface area contributed by atoms with Gasteiger partial charge in [0.1, 0.15) is 11.8 Å². The van der Waals surface area contributed by atoms with Crippen LogP contribution in [0.2, 0.25) is 0 Å². The van der Waals surface area contributed by atoms with Crippen molar-refractivity contribution in [2.45, 2.75) is 6.54 Å². The van der Waals surface area contributed by atoms with Crippen LogP contribution in [0, 0.1) is 21.4 Å². The van der Waals surface area contributed by atoms with Crippen molar-refractivity contribution in [2.24, 2.45) is 0 Å². The summed E-state index contributed by atoms with van der Waals surface area (Å²) in [6, 6.07) is 10.3. The first-order valence-electron chi connectivity index (χ1n) is 5.15. The Morgan fingerprint density at radius 2 is 2.22 bits per heavy atom. The van der Waals surface area contributed by atoms with Crippen molar-refractivity contribution in [2.75, 3.05) is 5.32 Å². The van der Waals surface area contributed by atoms with Gasteiger partial charge in [-0.25, -0.2) is 0 Å². The Hall–Kier alpha value is -2.39. The van der Waals surface area contributed by atoms with Gasteiger partial charge >= 0.3 is 0 Å². The minimum Gasteiger partial charge on any atom is -0.375 e. The van der Waals surface area contributed by atoms with Gasteiger partial charge in [-0.3, -0.25) is 10.1 Å². The standard InChI is InChI=1S/C12H9N3O2S/c13-6-9-5-10(18-8-9)7-14-11-3-1-2-4-12(11)15(16)17/h1-5,8,14H,7H2. The zero-order valence-electron chi connectivity index (χ0n) is 9.29. The van der Waals surface area contributed by atoms with Gasteiger partial charge in [0.2, 0.25) is 0 Å². The second-order valence-corrected chi connectivity index (χ2v) is 4.54. The summed E-state index contributed by atoms with van der Waals surface area (Å²) in [5, 5.41) is 24.3. The Morgan fingerprint density at radius 3 is 2.89 bits per heavy atom. The van der Waals surface area contributed by atoms with Crippen molar-refractivity contribution < 1.29 is 4.92 Å². The van der Waals surface area contributed by atoms with Crippen LogP contribution in [0.3, 0.4) is 0 Å². The molecule has 1 aromatic heterocycles. The second kappa shape index (κ2) is 5.29. The van der Waals surface area contributed by atoms with Gasteiger partial charge in [0.05, 0.1) is 10.5 Å². The lowest BCUT2D eigenvalue weighted by atomic mass is 10.2. The lowest BCUT2D eigenvalue weighted by Crippen LogP contribution is -2.01. The predicted octanol–water partition coefficient (Wildman–Crippen LogP) is 3.14. The number of thiophene rings is 1. The highest BCUT2D eigenvalue weighted by Crippen LogP contribution is 2.24. The van der Waals surface area contributed by atoms with Crippen LogP contribution in [0.1, 0.15) is 10.4 Å². The number of nitrogens with zero attached hydrogens (tertiary/aromatic N) is 2. The molecular formula is C12H9N3O2S. The summed E-state index contributed by atoms with van der Waals surface area (Å²) in [4.78, 5) is 11.4. The van der Waals surface area contributed by atoms with Crippen molar-refractivity contribution in [3.8, 4) is 6.07 Å². The smallest absolute Gasteiger partial charge is 0.292 e. The number of hydrogen-bond acceptors (Lipinski definition) is 5. The van der Waals surface area contributed by atoms with E-state index in [0.29, 0.717) is 17.8 Å². The zero-order valence-corrected chi connectivity index (χ0v) is 10.1. The van der Waals surface area contributed by atoms with Crippen molar-refractivity contribution in [1.82, 2.24) is 0 Å². The van der Waals surface area contributed by atoms with Crippen LogP contribution in [-0.2, 0) is 6.54 Å². The number of anilines is 1. The van der Waals surface area contributed by atoms with Crippen LogP contribution < -0.4 is 5.32 Å². The van der Waals surface area contributed by atoms with Gasteiger partial charge in [0.25, 0.3) is 5.69 Å². The number of rotatable bonds is 4. The van der Waals surface area contributed by atoms with Gasteiger partial charge in [-0.05, 0) is 12.1 Å². The Kier molecular flexibility index (Phi) is 3.55. The second-order valence-electron chi connectivity index (χ2n) is 3.54. The summed E-state index contributed by atoms with van der Waals surface area (Å²) in [5.74, 6) is 0. The molecule has 18 heavy (non-hydrogen) atoms. The van der Waals surface area contributed by atoms with Gasteiger partial charge < -0.3 is 5.32 Å². The number of nitriles is 1. The molecule has 0 aliphatic heterocycles. The molecule has 0 unspecified atom stereocenters. The van der Waals surface area contributed by atoms with Crippen molar-refractivity contribution in [3.63, 3.8) is 0 Å². The average Bonchev–Trinajstić information content (AvgIpc) is 2.84. The van der Waals surface area contributed by atoms with Gasteiger partial charge in [-0.2, -0.15) is 5.26 Å². The molecule has 2 rings (SSSR count). The molecule has 1 aromatic carbocycles. The Bertz CT molecular complexity index is 616. The summed E-state index contributed by atoms with van der Waals surface area (Å²) in [6.45, 7) is 0.469. The number of nitrogens with one attached hydrogen (secondary N) is 1. The van der Waals surface area contributed by atoms with E-state index >= 15 is 0 Å². The largest absolute Gasteiger partial charge is 0.375 e. The monoisotopic (exact) mass is 259 g/mol. The van der Waals surface area contributed by atoms with Crippen LogP contribution in [0.5, 0.6) is 0 Å². The van der Waals surface area contributed by atoms with E-state index in [1.54, 1.807) is 29.6 Å². The number of nitro benzene ring substituents is 1. The van der Waals surface area contributed by atoms with E-state index in [0.717, 1.165) is 4.88 Å². The normalized spacial score (nSPS) is 9.72. The first-order chi connectivity index (χ1) is 8.70. The van der Waals surface area contributed by atoms with Crippen LogP contribution in [0.15, 0.2) is 35.7 Å². The molecule has 0 spiro atoms. The van der Waals surface area contributed by atoms with E-state index in [1.165, 1.54) is 17.4 Å². The third-order valence-corrected chi connectivity index (χ3v) is 3.27. The third kappa shape index (κ3) is 2.64. The zero-order chi connectivity index (χ0) is 13.0. The number of nitro groups is 1. The highest BCUT2D eigenvalue weighted by molar-refractivity contribution is 7.10. The lowest BCUT2D eigenvalue weighted by Gasteiger charge is -2.04. The average molecular weight is 259 g/mol. The van der Waals surface area contributed by atoms with Crippen LogP contribution in [-0.4, -0.2) is 4.92 Å². The number of benzene rings is 1. The van der Waals surface area contributed by atoms with E-state index in [-0.39, 0.29) is 5.69 Å². The molecule has 5 nitrogen and oxygen atoms in total. The quantitative estimate of drug-likeness (QED) is 0.675.